The van der Waals surface area contributed by atoms with Gasteiger partial charge in [0.2, 0.25) is 11.0 Å². The van der Waals surface area contributed by atoms with Crippen LogP contribution in [0.3, 0.4) is 0 Å². The van der Waals surface area contributed by atoms with Crippen molar-refractivity contribution in [3.63, 3.8) is 0 Å². The maximum absolute atomic E-state index is 12.9. The second-order valence-corrected chi connectivity index (χ2v) is 9.51. The van der Waals surface area contributed by atoms with E-state index in [0.29, 0.717) is 31.1 Å². The Morgan fingerprint density at radius 3 is 2.48 bits per heavy atom. The predicted octanol–water partition coefficient (Wildman–Crippen LogP) is 4.08. The molecule has 3 amide bonds. The van der Waals surface area contributed by atoms with Crippen LogP contribution in [0.15, 0.2) is 35.8 Å². The summed E-state index contributed by atoms with van der Waals surface area (Å²) < 4.78 is 0. The number of aromatic nitrogens is 2. The van der Waals surface area contributed by atoms with Gasteiger partial charge in [0.05, 0.1) is 6.04 Å². The van der Waals surface area contributed by atoms with Crippen molar-refractivity contribution >= 4 is 28.4 Å². The molecular weight excluding hydrogens is 386 g/mol. The van der Waals surface area contributed by atoms with Gasteiger partial charge in [-0.25, -0.2) is 4.79 Å². The van der Waals surface area contributed by atoms with Crippen molar-refractivity contribution < 1.29 is 9.59 Å². The lowest BCUT2D eigenvalue weighted by molar-refractivity contribution is -0.121. The fraction of sp³-hybridized carbons (Fsp3) is 0.524. The van der Waals surface area contributed by atoms with Gasteiger partial charge in [-0.2, -0.15) is 0 Å². The lowest BCUT2D eigenvalue weighted by Crippen LogP contribution is -2.47. The molecule has 1 aliphatic heterocycles. The highest BCUT2D eigenvalue weighted by molar-refractivity contribution is 7.13. The highest BCUT2D eigenvalue weighted by atomic mass is 32.1. The highest BCUT2D eigenvalue weighted by Gasteiger charge is 2.29. The molecule has 1 unspecified atom stereocenters. The zero-order valence-corrected chi connectivity index (χ0v) is 18.0. The van der Waals surface area contributed by atoms with E-state index in [0.717, 1.165) is 12.0 Å². The van der Waals surface area contributed by atoms with E-state index in [2.05, 4.69) is 53.7 Å². The molecule has 29 heavy (non-hydrogen) atoms. The molecule has 2 aromatic rings. The summed E-state index contributed by atoms with van der Waals surface area (Å²) in [6.07, 6.45) is 2.14. The maximum Gasteiger partial charge on any atom is 0.317 e. The number of amides is 3. The Balaban J connectivity index is 1.55. The molecule has 7 nitrogen and oxygen atoms in total. The van der Waals surface area contributed by atoms with Gasteiger partial charge < -0.3 is 15.5 Å². The van der Waals surface area contributed by atoms with Crippen LogP contribution in [0.25, 0.3) is 0 Å². The van der Waals surface area contributed by atoms with Gasteiger partial charge in [-0.3, -0.25) is 4.79 Å². The van der Waals surface area contributed by atoms with Gasteiger partial charge in [-0.05, 0) is 30.2 Å². The average Bonchev–Trinajstić information content (AvgIpc) is 3.20. The fourth-order valence-corrected chi connectivity index (χ4v) is 4.02. The normalized spacial score (nSPS) is 16.3. The molecule has 0 aliphatic carbocycles. The van der Waals surface area contributed by atoms with E-state index in [1.807, 2.05) is 23.1 Å². The molecule has 0 bridgehead atoms. The molecule has 1 fully saturated rings. The van der Waals surface area contributed by atoms with Gasteiger partial charge in [-0.1, -0.05) is 62.4 Å². The Morgan fingerprint density at radius 1 is 1.21 bits per heavy atom. The Morgan fingerprint density at radius 2 is 1.90 bits per heavy atom. The van der Waals surface area contributed by atoms with Crippen molar-refractivity contribution in [1.29, 1.82) is 0 Å². The molecule has 0 saturated carbocycles. The Labute approximate surface area is 175 Å². The zero-order valence-electron chi connectivity index (χ0n) is 17.2. The smallest absolute Gasteiger partial charge is 0.317 e. The van der Waals surface area contributed by atoms with E-state index in [4.69, 9.17) is 0 Å². The van der Waals surface area contributed by atoms with Gasteiger partial charge >= 0.3 is 6.03 Å². The van der Waals surface area contributed by atoms with Gasteiger partial charge in [0.15, 0.2) is 0 Å². The highest BCUT2D eigenvalue weighted by Crippen LogP contribution is 2.30. The average molecular weight is 416 g/mol. The number of hydrogen-bond acceptors (Lipinski definition) is 5. The number of likely N-dealkylation sites (tertiary alicyclic amines) is 1. The minimum Gasteiger partial charge on any atom is -0.331 e. The van der Waals surface area contributed by atoms with E-state index in [1.54, 1.807) is 5.51 Å². The SMILES string of the molecule is CC(C)(C)CC(NC(=O)N1CCC(C(=O)Nc2nncs2)CC1)c1ccccc1. The van der Waals surface area contributed by atoms with Gasteiger partial charge in [0.25, 0.3) is 0 Å². The number of piperidine rings is 1. The van der Waals surface area contributed by atoms with Gasteiger partial charge in [-0.15, -0.1) is 10.2 Å². The minimum atomic E-state index is -0.109. The quantitative estimate of drug-likeness (QED) is 0.770. The predicted molar refractivity (Wildman–Crippen MR) is 115 cm³/mol. The van der Waals surface area contributed by atoms with Crippen molar-refractivity contribution in [3.8, 4) is 0 Å². The first-order valence-electron chi connectivity index (χ1n) is 9.99. The first-order valence-corrected chi connectivity index (χ1v) is 10.9. The Hall–Kier alpha value is -2.48. The molecule has 1 saturated heterocycles. The van der Waals surface area contributed by atoms with Crippen molar-refractivity contribution in [2.75, 3.05) is 18.4 Å². The summed E-state index contributed by atoms with van der Waals surface area (Å²) in [7, 11) is 0. The standard InChI is InChI=1S/C21H29N5O2S/c1-21(2,3)13-17(15-7-5-4-6-8-15)23-20(28)26-11-9-16(10-12-26)18(27)24-19-25-22-14-29-19/h4-8,14,16-17H,9-13H2,1-3H3,(H,23,28)(H,24,25,27). The zero-order chi connectivity index (χ0) is 20.9. The molecule has 2 N–H and O–H groups in total. The van der Waals surface area contributed by atoms with Crippen LogP contribution in [-0.4, -0.2) is 40.1 Å². The summed E-state index contributed by atoms with van der Waals surface area (Å²) >= 11 is 1.30. The second-order valence-electron chi connectivity index (χ2n) is 8.67. The van der Waals surface area contributed by atoms with Crippen LogP contribution < -0.4 is 10.6 Å². The number of hydrogen-bond donors (Lipinski definition) is 2. The molecular formula is C21H29N5O2S. The molecule has 156 valence electrons. The van der Waals surface area contributed by atoms with Crippen LogP contribution in [-0.2, 0) is 4.79 Å². The fourth-order valence-electron chi connectivity index (χ4n) is 3.57. The number of benzene rings is 1. The van der Waals surface area contributed by atoms with Crippen molar-refractivity contribution in [3.05, 3.63) is 41.4 Å². The van der Waals surface area contributed by atoms with E-state index in [1.165, 1.54) is 11.3 Å². The van der Waals surface area contributed by atoms with Gasteiger partial charge in [0, 0.05) is 19.0 Å². The van der Waals surface area contributed by atoms with E-state index < -0.39 is 0 Å². The number of urea groups is 1. The van der Waals surface area contributed by atoms with Gasteiger partial charge in [0.1, 0.15) is 5.51 Å². The number of nitrogens with one attached hydrogen (secondary N) is 2. The Bertz CT molecular complexity index is 796. The second kappa shape index (κ2) is 9.35. The third kappa shape index (κ3) is 6.25. The van der Waals surface area contributed by atoms with E-state index >= 15 is 0 Å². The Kier molecular flexibility index (Phi) is 6.84. The molecule has 0 spiro atoms. The molecule has 1 atom stereocenters. The van der Waals surface area contributed by atoms with Crippen LogP contribution in [0.5, 0.6) is 0 Å². The number of anilines is 1. The molecule has 0 radical (unpaired) electrons. The minimum absolute atomic E-state index is 0.0397. The largest absolute Gasteiger partial charge is 0.331 e. The van der Waals surface area contributed by atoms with Crippen molar-refractivity contribution in [2.45, 2.75) is 46.1 Å². The first kappa shape index (κ1) is 21.2. The summed E-state index contributed by atoms with van der Waals surface area (Å²) in [5, 5.41) is 14.1. The summed E-state index contributed by atoms with van der Waals surface area (Å²) in [6.45, 7) is 7.67. The van der Waals surface area contributed by atoms with Crippen LogP contribution in [0.4, 0.5) is 9.93 Å². The lowest BCUT2D eigenvalue weighted by Gasteiger charge is -2.34. The monoisotopic (exact) mass is 415 g/mol. The molecule has 1 aromatic heterocycles. The van der Waals surface area contributed by atoms with Crippen LogP contribution in [0, 0.1) is 11.3 Å². The van der Waals surface area contributed by atoms with Crippen molar-refractivity contribution in [2.24, 2.45) is 11.3 Å². The number of carbonyl (C=O) groups excluding carboxylic acids is 2. The lowest BCUT2D eigenvalue weighted by atomic mass is 9.85. The van der Waals surface area contributed by atoms with E-state index in [-0.39, 0.29) is 29.3 Å². The maximum atomic E-state index is 12.9. The molecule has 1 aromatic carbocycles. The third-order valence-corrected chi connectivity index (χ3v) is 5.67. The van der Waals surface area contributed by atoms with E-state index in [9.17, 15) is 9.59 Å². The van der Waals surface area contributed by atoms with Crippen molar-refractivity contribution in [1.82, 2.24) is 20.4 Å². The molecule has 8 heteroatoms. The first-order chi connectivity index (χ1) is 13.8. The number of carbonyl (C=O) groups is 2. The number of rotatable bonds is 5. The molecule has 3 rings (SSSR count). The summed E-state index contributed by atoms with van der Waals surface area (Å²) in [5.41, 5.74) is 2.79. The summed E-state index contributed by atoms with van der Waals surface area (Å²) in [5.74, 6) is -0.154. The summed E-state index contributed by atoms with van der Waals surface area (Å²) in [6, 6.07) is 9.99. The van der Waals surface area contributed by atoms with Crippen LogP contribution in [0.1, 0.15) is 51.6 Å². The number of nitrogens with zero attached hydrogens (tertiary/aromatic N) is 3. The van der Waals surface area contributed by atoms with Crippen LogP contribution in [0.2, 0.25) is 0 Å². The van der Waals surface area contributed by atoms with Crippen LogP contribution >= 0.6 is 11.3 Å². The third-order valence-electron chi connectivity index (χ3n) is 5.06. The molecule has 2 heterocycles. The molecule has 1 aliphatic rings. The summed E-state index contributed by atoms with van der Waals surface area (Å²) in [4.78, 5) is 27.1. The topological polar surface area (TPSA) is 87.2 Å².